The molecule has 1 aliphatic heterocycles. The number of hydrogen-bond acceptors (Lipinski definition) is 5. The zero-order chi connectivity index (χ0) is 17.6. The van der Waals surface area contributed by atoms with Gasteiger partial charge in [0.25, 0.3) is 5.91 Å². The van der Waals surface area contributed by atoms with Crippen LogP contribution >= 0.6 is 0 Å². The normalized spacial score (nSPS) is 17.2. The van der Waals surface area contributed by atoms with E-state index in [9.17, 15) is 9.18 Å². The lowest BCUT2D eigenvalue weighted by Crippen LogP contribution is -2.41. The smallest absolute Gasteiger partial charge is 0.316 e. The van der Waals surface area contributed by atoms with E-state index < -0.39 is 0 Å². The highest BCUT2D eigenvalue weighted by atomic mass is 19.1. The molecule has 1 amide bonds. The van der Waals surface area contributed by atoms with E-state index in [0.717, 1.165) is 12.8 Å². The number of benzene rings is 1. The Morgan fingerprint density at radius 3 is 2.88 bits per heavy atom. The first kappa shape index (κ1) is 17.1. The van der Waals surface area contributed by atoms with Gasteiger partial charge in [-0.3, -0.25) is 4.79 Å². The van der Waals surface area contributed by atoms with Crippen LogP contribution in [-0.2, 0) is 0 Å². The van der Waals surface area contributed by atoms with Gasteiger partial charge in [-0.25, -0.2) is 14.4 Å². The zero-order valence-electron chi connectivity index (χ0n) is 14.0. The van der Waals surface area contributed by atoms with Gasteiger partial charge in [0, 0.05) is 37.5 Å². The summed E-state index contributed by atoms with van der Waals surface area (Å²) in [4.78, 5) is 22.3. The van der Waals surface area contributed by atoms with Gasteiger partial charge in [0.15, 0.2) is 0 Å². The van der Waals surface area contributed by atoms with Crippen molar-refractivity contribution in [2.75, 3.05) is 26.8 Å². The number of hydrogen-bond donors (Lipinski definition) is 0. The standard InChI is InChI=1S/C18H20FN3O3/c1-24-18-20-9-14(10-21-18)17(23)22-7-3-4-13(11-22)12-25-16-6-2-5-15(19)8-16/h2,5-6,8-10,13H,3-4,7,11-12H2,1H3/t13-/m0/s1. The predicted molar refractivity (Wildman–Crippen MR) is 89.1 cm³/mol. The Hall–Kier alpha value is -2.70. The van der Waals surface area contributed by atoms with Gasteiger partial charge < -0.3 is 14.4 Å². The number of likely N-dealkylation sites (tertiary alicyclic amines) is 1. The SMILES string of the molecule is COc1ncc(C(=O)N2CCC[C@H](COc3cccc(F)c3)C2)cn1. The molecule has 1 saturated heterocycles. The molecule has 1 aromatic carbocycles. The molecule has 3 rings (SSSR count). The molecule has 1 atom stereocenters. The molecule has 6 nitrogen and oxygen atoms in total. The molecule has 2 aromatic rings. The Morgan fingerprint density at radius 2 is 2.16 bits per heavy atom. The topological polar surface area (TPSA) is 64.5 Å². The maximum atomic E-state index is 13.2. The average molecular weight is 345 g/mol. The van der Waals surface area contributed by atoms with Crippen molar-refractivity contribution in [2.24, 2.45) is 5.92 Å². The predicted octanol–water partition coefficient (Wildman–Crippen LogP) is 2.56. The first-order valence-corrected chi connectivity index (χ1v) is 8.19. The van der Waals surface area contributed by atoms with Crippen LogP contribution in [0.2, 0.25) is 0 Å². The van der Waals surface area contributed by atoms with Crippen molar-refractivity contribution in [1.82, 2.24) is 14.9 Å². The summed E-state index contributed by atoms with van der Waals surface area (Å²) in [6.45, 7) is 1.74. The van der Waals surface area contributed by atoms with E-state index in [1.54, 1.807) is 17.0 Å². The number of amides is 1. The summed E-state index contributed by atoms with van der Waals surface area (Å²) in [5.74, 6) is 0.294. The van der Waals surface area contributed by atoms with Gasteiger partial charge in [-0.2, -0.15) is 0 Å². The van der Waals surface area contributed by atoms with Crippen LogP contribution in [-0.4, -0.2) is 47.6 Å². The molecule has 0 spiro atoms. The maximum absolute atomic E-state index is 13.2. The molecular formula is C18H20FN3O3. The van der Waals surface area contributed by atoms with Crippen LogP contribution in [0.3, 0.4) is 0 Å². The highest BCUT2D eigenvalue weighted by Crippen LogP contribution is 2.21. The molecule has 0 unspecified atom stereocenters. The summed E-state index contributed by atoms with van der Waals surface area (Å²) in [7, 11) is 1.48. The highest BCUT2D eigenvalue weighted by molar-refractivity contribution is 5.93. The van der Waals surface area contributed by atoms with E-state index >= 15 is 0 Å². The van der Waals surface area contributed by atoms with Gasteiger partial charge >= 0.3 is 6.01 Å². The van der Waals surface area contributed by atoms with Crippen LogP contribution in [0, 0.1) is 11.7 Å². The fraction of sp³-hybridized carbons (Fsp3) is 0.389. The fourth-order valence-corrected chi connectivity index (χ4v) is 2.87. The van der Waals surface area contributed by atoms with Crippen LogP contribution in [0.4, 0.5) is 4.39 Å². The van der Waals surface area contributed by atoms with Crippen LogP contribution < -0.4 is 9.47 Å². The van der Waals surface area contributed by atoms with Crippen molar-refractivity contribution < 1.29 is 18.7 Å². The second kappa shape index (κ2) is 7.92. The molecule has 7 heteroatoms. The highest BCUT2D eigenvalue weighted by Gasteiger charge is 2.25. The molecule has 1 aliphatic rings. The van der Waals surface area contributed by atoms with Crippen molar-refractivity contribution in [3.8, 4) is 11.8 Å². The van der Waals surface area contributed by atoms with Crippen molar-refractivity contribution >= 4 is 5.91 Å². The lowest BCUT2D eigenvalue weighted by Gasteiger charge is -2.32. The molecular weight excluding hydrogens is 325 g/mol. The quantitative estimate of drug-likeness (QED) is 0.833. The summed E-state index contributed by atoms with van der Waals surface area (Å²) >= 11 is 0. The number of nitrogens with zero attached hydrogens (tertiary/aromatic N) is 3. The summed E-state index contributed by atoms with van der Waals surface area (Å²) in [5.41, 5.74) is 0.437. The summed E-state index contributed by atoms with van der Waals surface area (Å²) in [6, 6.07) is 6.32. The number of rotatable bonds is 5. The summed E-state index contributed by atoms with van der Waals surface area (Å²) in [5, 5.41) is 0. The Bertz CT molecular complexity index is 724. The third-order valence-corrected chi connectivity index (χ3v) is 4.15. The maximum Gasteiger partial charge on any atom is 0.316 e. The molecule has 0 radical (unpaired) electrons. The van der Waals surface area contributed by atoms with Crippen LogP contribution in [0.1, 0.15) is 23.2 Å². The lowest BCUT2D eigenvalue weighted by atomic mass is 9.98. The van der Waals surface area contributed by atoms with Gasteiger partial charge in [0.2, 0.25) is 0 Å². The number of methoxy groups -OCH3 is 1. The van der Waals surface area contributed by atoms with Gasteiger partial charge in [-0.05, 0) is 25.0 Å². The van der Waals surface area contributed by atoms with Crippen molar-refractivity contribution in [3.05, 3.63) is 48.0 Å². The second-order valence-corrected chi connectivity index (χ2v) is 5.99. The van der Waals surface area contributed by atoms with Crippen molar-refractivity contribution in [2.45, 2.75) is 12.8 Å². The Balaban J connectivity index is 1.57. The van der Waals surface area contributed by atoms with Gasteiger partial charge in [0.1, 0.15) is 11.6 Å². The number of piperidine rings is 1. The van der Waals surface area contributed by atoms with E-state index in [1.807, 2.05) is 0 Å². The number of aromatic nitrogens is 2. The zero-order valence-corrected chi connectivity index (χ0v) is 14.0. The molecule has 0 aliphatic carbocycles. The van der Waals surface area contributed by atoms with Gasteiger partial charge in [-0.15, -0.1) is 0 Å². The molecule has 25 heavy (non-hydrogen) atoms. The molecule has 1 aromatic heterocycles. The first-order chi connectivity index (χ1) is 12.2. The molecule has 1 fully saturated rings. The van der Waals surface area contributed by atoms with E-state index in [1.165, 1.54) is 31.6 Å². The number of carbonyl (C=O) groups is 1. The Labute approximate surface area is 145 Å². The second-order valence-electron chi connectivity index (χ2n) is 5.99. The number of ether oxygens (including phenoxy) is 2. The minimum atomic E-state index is -0.322. The Morgan fingerprint density at radius 1 is 1.36 bits per heavy atom. The monoisotopic (exact) mass is 345 g/mol. The van der Waals surface area contributed by atoms with Crippen molar-refractivity contribution in [1.29, 1.82) is 0 Å². The van der Waals surface area contributed by atoms with Crippen LogP contribution in [0.25, 0.3) is 0 Å². The number of halogens is 1. The minimum Gasteiger partial charge on any atom is -0.493 e. The summed E-state index contributed by atoms with van der Waals surface area (Å²) < 4.78 is 23.8. The van der Waals surface area contributed by atoms with E-state index in [0.29, 0.717) is 31.0 Å². The first-order valence-electron chi connectivity index (χ1n) is 8.19. The average Bonchev–Trinajstić information content (AvgIpc) is 2.66. The molecule has 132 valence electrons. The molecule has 0 saturated carbocycles. The molecule has 0 N–H and O–H groups in total. The van der Waals surface area contributed by atoms with E-state index in [-0.39, 0.29) is 23.7 Å². The van der Waals surface area contributed by atoms with Crippen LogP contribution in [0.15, 0.2) is 36.7 Å². The lowest BCUT2D eigenvalue weighted by molar-refractivity contribution is 0.0632. The fourth-order valence-electron chi connectivity index (χ4n) is 2.87. The van der Waals surface area contributed by atoms with E-state index in [2.05, 4.69) is 9.97 Å². The van der Waals surface area contributed by atoms with Crippen molar-refractivity contribution in [3.63, 3.8) is 0 Å². The summed E-state index contributed by atoms with van der Waals surface area (Å²) in [6.07, 6.45) is 4.82. The van der Waals surface area contributed by atoms with Crippen LogP contribution in [0.5, 0.6) is 11.8 Å². The molecule has 0 bridgehead atoms. The van der Waals surface area contributed by atoms with E-state index in [4.69, 9.17) is 9.47 Å². The molecule has 2 heterocycles. The third kappa shape index (κ3) is 4.43. The van der Waals surface area contributed by atoms with Gasteiger partial charge in [0.05, 0.1) is 19.3 Å². The van der Waals surface area contributed by atoms with Gasteiger partial charge in [-0.1, -0.05) is 6.07 Å². The Kier molecular flexibility index (Phi) is 5.42. The largest absolute Gasteiger partial charge is 0.493 e. The minimum absolute atomic E-state index is 0.0990. The third-order valence-electron chi connectivity index (χ3n) is 4.15. The number of carbonyl (C=O) groups excluding carboxylic acids is 1.